The van der Waals surface area contributed by atoms with Gasteiger partial charge in [0.2, 0.25) is 0 Å². The zero-order chi connectivity index (χ0) is 15.2. The quantitative estimate of drug-likeness (QED) is 0.833. The van der Waals surface area contributed by atoms with Gasteiger partial charge in [0.1, 0.15) is 0 Å². The minimum atomic E-state index is -0.0348. The Kier molecular flexibility index (Phi) is 5.21. The van der Waals surface area contributed by atoms with Crippen molar-refractivity contribution < 1.29 is 4.79 Å². The van der Waals surface area contributed by atoms with E-state index in [0.29, 0.717) is 12.6 Å². The molecule has 1 aliphatic rings. The van der Waals surface area contributed by atoms with E-state index in [2.05, 4.69) is 26.3 Å². The molecule has 1 aromatic carbocycles. The lowest BCUT2D eigenvalue weighted by atomic mass is 10.2. The number of carbonyl (C=O) groups is 1. The second kappa shape index (κ2) is 7.54. The van der Waals surface area contributed by atoms with Gasteiger partial charge in [-0.25, -0.2) is 9.78 Å². The van der Waals surface area contributed by atoms with Crippen LogP contribution in [0.2, 0.25) is 0 Å². The molecule has 1 fully saturated rings. The van der Waals surface area contributed by atoms with Crippen LogP contribution in [-0.4, -0.2) is 39.7 Å². The number of benzene rings is 1. The Morgan fingerprint density at radius 1 is 1.32 bits per heavy atom. The van der Waals surface area contributed by atoms with E-state index in [1.807, 2.05) is 36.3 Å². The molecule has 0 atom stereocenters. The van der Waals surface area contributed by atoms with Gasteiger partial charge >= 0.3 is 6.03 Å². The Labute approximate surface area is 134 Å². The molecule has 1 aliphatic heterocycles. The number of fused-ring (bicyclic) bond motifs is 1. The summed E-state index contributed by atoms with van der Waals surface area (Å²) in [7, 11) is 0. The van der Waals surface area contributed by atoms with E-state index in [1.165, 1.54) is 0 Å². The predicted molar refractivity (Wildman–Crippen MR) is 91.2 cm³/mol. The van der Waals surface area contributed by atoms with Gasteiger partial charge in [0, 0.05) is 19.1 Å². The van der Waals surface area contributed by atoms with Gasteiger partial charge in [-0.05, 0) is 42.9 Å². The number of aryl methyl sites for hydroxylation is 1. The lowest BCUT2D eigenvalue weighted by molar-refractivity contribution is 0.236. The van der Waals surface area contributed by atoms with Crippen molar-refractivity contribution in [3.63, 3.8) is 0 Å². The monoisotopic (exact) mass is 318 g/mol. The molecular weight excluding hydrogens is 296 g/mol. The zero-order valence-electron chi connectivity index (χ0n) is 12.6. The number of carbonyl (C=O) groups excluding carboxylic acids is 1. The molecule has 0 saturated carbocycles. The molecule has 0 bridgehead atoms. The fourth-order valence-corrected chi connectivity index (χ4v) is 3.82. The number of imidazole rings is 1. The molecule has 1 aromatic heterocycles. The third-order valence-corrected chi connectivity index (χ3v) is 4.99. The summed E-state index contributed by atoms with van der Waals surface area (Å²) in [6.07, 6.45) is 4.93. The second-order valence-electron chi connectivity index (χ2n) is 5.57. The lowest BCUT2D eigenvalue weighted by Crippen LogP contribution is -2.43. The van der Waals surface area contributed by atoms with Gasteiger partial charge in [0.05, 0.1) is 17.4 Å². The average Bonchev–Trinajstić information content (AvgIpc) is 2.96. The molecule has 2 heterocycles. The molecule has 0 unspecified atom stereocenters. The maximum absolute atomic E-state index is 11.8. The van der Waals surface area contributed by atoms with Gasteiger partial charge in [-0.1, -0.05) is 12.1 Å². The van der Waals surface area contributed by atoms with Gasteiger partial charge < -0.3 is 15.2 Å². The number of aromatic nitrogens is 2. The van der Waals surface area contributed by atoms with Crippen LogP contribution in [0.3, 0.4) is 0 Å². The average molecular weight is 318 g/mol. The fraction of sp³-hybridized carbons (Fsp3) is 0.500. The Morgan fingerprint density at radius 2 is 2.14 bits per heavy atom. The minimum Gasteiger partial charge on any atom is -0.338 e. The van der Waals surface area contributed by atoms with Crippen molar-refractivity contribution in [2.45, 2.75) is 31.8 Å². The highest BCUT2D eigenvalue weighted by atomic mass is 32.2. The topological polar surface area (TPSA) is 59.0 Å². The second-order valence-corrected chi connectivity index (χ2v) is 6.79. The van der Waals surface area contributed by atoms with E-state index in [4.69, 9.17) is 0 Å². The van der Waals surface area contributed by atoms with Crippen LogP contribution in [0.5, 0.6) is 0 Å². The molecule has 0 aliphatic carbocycles. The van der Waals surface area contributed by atoms with Gasteiger partial charge in [-0.15, -0.1) is 0 Å². The summed E-state index contributed by atoms with van der Waals surface area (Å²) in [6.45, 7) is 1.54. The Hall–Kier alpha value is -1.69. The lowest BCUT2D eigenvalue weighted by Gasteiger charge is -2.22. The summed E-state index contributed by atoms with van der Waals surface area (Å²) in [5, 5.41) is 6.01. The van der Waals surface area contributed by atoms with Crippen molar-refractivity contribution in [3.8, 4) is 0 Å². The number of hydrogen-bond acceptors (Lipinski definition) is 3. The van der Waals surface area contributed by atoms with Crippen molar-refractivity contribution in [2.75, 3.05) is 18.1 Å². The number of para-hydroxylation sites is 2. The van der Waals surface area contributed by atoms with Gasteiger partial charge in [-0.2, -0.15) is 11.8 Å². The molecule has 0 radical (unpaired) electrons. The van der Waals surface area contributed by atoms with E-state index in [-0.39, 0.29) is 6.03 Å². The number of rotatable bonds is 5. The van der Waals surface area contributed by atoms with Crippen LogP contribution in [0, 0.1) is 0 Å². The van der Waals surface area contributed by atoms with E-state index in [1.54, 1.807) is 0 Å². The highest BCUT2D eigenvalue weighted by Gasteiger charge is 2.15. The van der Waals surface area contributed by atoms with Crippen LogP contribution in [0.15, 0.2) is 30.6 Å². The molecule has 2 N–H and O–H groups in total. The summed E-state index contributed by atoms with van der Waals surface area (Å²) in [5.74, 6) is 2.30. The number of nitrogens with one attached hydrogen (secondary N) is 2. The number of thioether (sulfide) groups is 1. The van der Waals surface area contributed by atoms with Gasteiger partial charge in [0.15, 0.2) is 0 Å². The number of amides is 2. The zero-order valence-corrected chi connectivity index (χ0v) is 13.4. The van der Waals surface area contributed by atoms with Crippen molar-refractivity contribution in [1.29, 1.82) is 0 Å². The van der Waals surface area contributed by atoms with Crippen LogP contribution >= 0.6 is 11.8 Å². The van der Waals surface area contributed by atoms with Crippen LogP contribution in [-0.2, 0) is 6.54 Å². The SMILES string of the molecule is O=C(NCCCn1cnc2ccccc21)NC1CCSCC1. The standard InChI is InChI=1S/C16H22N4OS/c21-16(19-13-6-10-22-11-7-13)17-8-3-9-20-12-18-14-4-1-2-5-15(14)20/h1-2,4-5,12-13H,3,6-11H2,(H2,17,19,21). The molecule has 0 spiro atoms. The first-order valence-corrected chi connectivity index (χ1v) is 9.00. The molecule has 118 valence electrons. The van der Waals surface area contributed by atoms with Crippen LogP contribution in [0.1, 0.15) is 19.3 Å². The molecule has 6 heteroatoms. The molecule has 5 nitrogen and oxygen atoms in total. The van der Waals surface area contributed by atoms with E-state index < -0.39 is 0 Å². The van der Waals surface area contributed by atoms with E-state index in [9.17, 15) is 4.79 Å². The van der Waals surface area contributed by atoms with E-state index in [0.717, 1.165) is 48.3 Å². The van der Waals surface area contributed by atoms with Crippen molar-refractivity contribution in [1.82, 2.24) is 20.2 Å². The Balaban J connectivity index is 1.39. The highest BCUT2D eigenvalue weighted by Crippen LogP contribution is 2.16. The van der Waals surface area contributed by atoms with Gasteiger partial charge in [0.25, 0.3) is 0 Å². The molecule has 22 heavy (non-hydrogen) atoms. The Morgan fingerprint density at radius 3 is 3.00 bits per heavy atom. The van der Waals surface area contributed by atoms with Crippen LogP contribution in [0.25, 0.3) is 11.0 Å². The first-order chi connectivity index (χ1) is 10.8. The highest BCUT2D eigenvalue weighted by molar-refractivity contribution is 7.99. The first-order valence-electron chi connectivity index (χ1n) is 7.85. The number of hydrogen-bond donors (Lipinski definition) is 2. The fourth-order valence-electron chi connectivity index (χ4n) is 2.72. The van der Waals surface area contributed by atoms with Crippen LogP contribution < -0.4 is 10.6 Å². The third kappa shape index (κ3) is 3.94. The smallest absolute Gasteiger partial charge is 0.315 e. The molecule has 2 amide bonds. The number of nitrogens with zero attached hydrogens (tertiary/aromatic N) is 2. The third-order valence-electron chi connectivity index (χ3n) is 3.95. The van der Waals surface area contributed by atoms with Crippen molar-refractivity contribution >= 4 is 28.8 Å². The van der Waals surface area contributed by atoms with Gasteiger partial charge in [-0.3, -0.25) is 0 Å². The summed E-state index contributed by atoms with van der Waals surface area (Å²) < 4.78 is 2.13. The van der Waals surface area contributed by atoms with Crippen LogP contribution in [0.4, 0.5) is 4.79 Å². The Bertz CT molecular complexity index is 621. The summed E-state index contributed by atoms with van der Waals surface area (Å²) in [5.41, 5.74) is 2.16. The molecule has 1 saturated heterocycles. The number of urea groups is 1. The minimum absolute atomic E-state index is 0.0348. The van der Waals surface area contributed by atoms with E-state index >= 15 is 0 Å². The normalized spacial score (nSPS) is 15.8. The molecular formula is C16H22N4OS. The maximum Gasteiger partial charge on any atom is 0.315 e. The van der Waals surface area contributed by atoms with Crippen molar-refractivity contribution in [3.05, 3.63) is 30.6 Å². The summed E-state index contributed by atoms with van der Waals surface area (Å²) in [6, 6.07) is 8.42. The predicted octanol–water partition coefficient (Wildman–Crippen LogP) is 2.62. The largest absolute Gasteiger partial charge is 0.338 e. The molecule has 2 aromatic rings. The summed E-state index contributed by atoms with van der Waals surface area (Å²) >= 11 is 1.97. The van der Waals surface area contributed by atoms with Crippen molar-refractivity contribution in [2.24, 2.45) is 0 Å². The maximum atomic E-state index is 11.8. The summed E-state index contributed by atoms with van der Waals surface area (Å²) in [4.78, 5) is 16.2. The molecule has 3 rings (SSSR count). The first kappa shape index (κ1) is 15.2.